The third kappa shape index (κ3) is 4.27. The van der Waals surface area contributed by atoms with E-state index in [1.165, 1.54) is 12.1 Å². The Kier molecular flexibility index (Phi) is 5.39. The van der Waals surface area contributed by atoms with Crippen molar-refractivity contribution >= 4 is 45.2 Å². The summed E-state index contributed by atoms with van der Waals surface area (Å²) in [6.45, 7) is 0. The predicted octanol–water partition coefficient (Wildman–Crippen LogP) is 4.52. The summed E-state index contributed by atoms with van der Waals surface area (Å²) in [5.41, 5.74) is 1.63. The number of anilines is 1. The highest BCUT2D eigenvalue weighted by molar-refractivity contribution is 7.90. The number of esters is 1. The highest BCUT2D eigenvalue weighted by atomic mass is 35.5. The van der Waals surface area contributed by atoms with Crippen LogP contribution in [0.1, 0.15) is 11.1 Å². The van der Waals surface area contributed by atoms with Crippen molar-refractivity contribution in [1.29, 1.82) is 0 Å². The molecule has 8 heteroatoms. The first kappa shape index (κ1) is 19.9. The van der Waals surface area contributed by atoms with Gasteiger partial charge in [0.15, 0.2) is 11.6 Å². The van der Waals surface area contributed by atoms with E-state index in [-0.39, 0.29) is 16.5 Å². The Bertz CT molecular complexity index is 1300. The van der Waals surface area contributed by atoms with E-state index < -0.39 is 16.0 Å². The van der Waals surface area contributed by atoms with Gasteiger partial charge in [-0.05, 0) is 48.0 Å². The van der Waals surface area contributed by atoms with Gasteiger partial charge in [0.05, 0.1) is 5.69 Å². The van der Waals surface area contributed by atoms with Gasteiger partial charge in [0.25, 0.3) is 10.0 Å². The molecule has 0 aliphatic carbocycles. The molecule has 0 bridgehead atoms. The number of hydrogen-bond donors (Lipinski definition) is 1. The van der Waals surface area contributed by atoms with Crippen LogP contribution in [0.25, 0.3) is 6.08 Å². The monoisotopic (exact) mass is 438 g/mol. The first-order valence-electron chi connectivity index (χ1n) is 8.88. The van der Waals surface area contributed by atoms with Crippen molar-refractivity contribution in [2.45, 2.75) is 4.90 Å². The minimum Gasteiger partial charge on any atom is -0.421 e. The number of nitrogens with one attached hydrogen (secondary N) is 1. The van der Waals surface area contributed by atoms with E-state index in [9.17, 15) is 13.2 Å². The molecule has 1 N–H and O–H groups in total. The number of fused-ring (bicyclic) bond motifs is 1. The lowest BCUT2D eigenvalue weighted by atomic mass is 10.2. The molecule has 150 valence electrons. The second-order valence-corrected chi connectivity index (χ2v) is 8.35. The van der Waals surface area contributed by atoms with Crippen LogP contribution in [-0.4, -0.2) is 20.2 Å². The summed E-state index contributed by atoms with van der Waals surface area (Å²) < 4.78 is 33.7. The van der Waals surface area contributed by atoms with Gasteiger partial charge >= 0.3 is 5.97 Å². The molecule has 0 spiro atoms. The number of carbonyl (C=O) groups excluding carboxylic acids is 1. The fraction of sp³-hybridized carbons (Fsp3) is 0. The third-order valence-corrected chi connectivity index (χ3v) is 5.81. The Hall–Kier alpha value is -3.42. The molecule has 0 saturated heterocycles. The van der Waals surface area contributed by atoms with E-state index in [0.717, 1.165) is 5.56 Å². The quantitative estimate of drug-likeness (QED) is 0.368. The number of para-hydroxylation sites is 2. The Morgan fingerprint density at radius 1 is 1.00 bits per heavy atom. The standard InChI is InChI=1S/C22H15ClN2O4S/c23-16-7-5-6-15(14-16)12-13-21(26)29-19-10-3-2-9-18(19)24-22-17-8-1-4-11-20(17)30(27,28)25-22/h1-14H,(H,24,25). The number of benzene rings is 3. The first-order valence-corrected chi connectivity index (χ1v) is 10.7. The SMILES string of the molecule is O=C(C=Cc1cccc(Cl)c1)Oc1ccccc1NC1=NS(=O)(=O)c2ccccc21. The zero-order valence-corrected chi connectivity index (χ0v) is 17.0. The van der Waals surface area contributed by atoms with E-state index in [2.05, 4.69) is 9.71 Å². The zero-order chi connectivity index (χ0) is 21.1. The Morgan fingerprint density at radius 2 is 1.77 bits per heavy atom. The van der Waals surface area contributed by atoms with Crippen LogP contribution >= 0.6 is 11.6 Å². The zero-order valence-electron chi connectivity index (χ0n) is 15.4. The number of nitrogens with zero attached hydrogens (tertiary/aromatic N) is 1. The van der Waals surface area contributed by atoms with Crippen molar-refractivity contribution < 1.29 is 17.9 Å². The third-order valence-electron chi connectivity index (χ3n) is 4.24. The lowest BCUT2D eigenvalue weighted by Gasteiger charge is -2.11. The lowest BCUT2D eigenvalue weighted by molar-refractivity contribution is -0.128. The van der Waals surface area contributed by atoms with Gasteiger partial charge in [0.2, 0.25) is 0 Å². The molecule has 3 aromatic carbocycles. The highest BCUT2D eigenvalue weighted by Crippen LogP contribution is 2.30. The number of amidine groups is 1. The van der Waals surface area contributed by atoms with Gasteiger partial charge in [-0.15, -0.1) is 4.40 Å². The minimum atomic E-state index is -3.76. The summed E-state index contributed by atoms with van der Waals surface area (Å²) in [6, 6.07) is 20.3. The van der Waals surface area contributed by atoms with Crippen LogP contribution in [0.4, 0.5) is 5.69 Å². The molecule has 0 radical (unpaired) electrons. The van der Waals surface area contributed by atoms with Crippen LogP contribution in [0, 0.1) is 0 Å². The molecule has 0 atom stereocenters. The van der Waals surface area contributed by atoms with Gasteiger partial charge in [-0.1, -0.05) is 48.0 Å². The van der Waals surface area contributed by atoms with Gasteiger partial charge in [0, 0.05) is 16.7 Å². The lowest BCUT2D eigenvalue weighted by Crippen LogP contribution is -2.13. The fourth-order valence-corrected chi connectivity index (χ4v) is 4.27. The fourth-order valence-electron chi connectivity index (χ4n) is 2.90. The van der Waals surface area contributed by atoms with Gasteiger partial charge in [0.1, 0.15) is 4.90 Å². The van der Waals surface area contributed by atoms with E-state index in [1.54, 1.807) is 72.8 Å². The number of ether oxygens (including phenoxy) is 1. The first-order chi connectivity index (χ1) is 14.4. The molecule has 0 aromatic heterocycles. The molecule has 1 heterocycles. The maximum atomic E-state index is 12.3. The minimum absolute atomic E-state index is 0.131. The van der Waals surface area contributed by atoms with Crippen LogP contribution < -0.4 is 10.1 Å². The number of sulfonamides is 1. The van der Waals surface area contributed by atoms with Gasteiger partial charge in [-0.2, -0.15) is 8.42 Å². The Balaban J connectivity index is 1.55. The average Bonchev–Trinajstić information content (AvgIpc) is 2.98. The maximum Gasteiger partial charge on any atom is 0.336 e. The normalized spacial score (nSPS) is 14.2. The molecule has 6 nitrogen and oxygen atoms in total. The van der Waals surface area contributed by atoms with Crippen molar-refractivity contribution in [2.24, 2.45) is 4.40 Å². The highest BCUT2D eigenvalue weighted by Gasteiger charge is 2.28. The molecule has 30 heavy (non-hydrogen) atoms. The van der Waals surface area contributed by atoms with Crippen molar-refractivity contribution in [3.05, 3.63) is 95.0 Å². The van der Waals surface area contributed by atoms with Crippen LogP contribution in [0.5, 0.6) is 5.75 Å². The molecule has 3 aromatic rings. The number of carbonyl (C=O) groups is 1. The van der Waals surface area contributed by atoms with E-state index in [0.29, 0.717) is 16.3 Å². The molecular formula is C22H15ClN2O4S. The van der Waals surface area contributed by atoms with Gasteiger partial charge < -0.3 is 10.1 Å². The van der Waals surface area contributed by atoms with Crippen molar-refractivity contribution in [3.8, 4) is 5.75 Å². The average molecular weight is 439 g/mol. The van der Waals surface area contributed by atoms with Gasteiger partial charge in [-0.25, -0.2) is 4.79 Å². The molecule has 4 rings (SSSR count). The summed E-state index contributed by atoms with van der Waals surface area (Å²) in [5.74, 6) is -0.183. The molecule has 0 saturated carbocycles. The van der Waals surface area contributed by atoms with Crippen LogP contribution in [0.3, 0.4) is 0 Å². The molecule has 0 amide bonds. The molecule has 0 fully saturated rings. The van der Waals surface area contributed by atoms with E-state index >= 15 is 0 Å². The topological polar surface area (TPSA) is 84.8 Å². The van der Waals surface area contributed by atoms with Crippen molar-refractivity contribution in [2.75, 3.05) is 5.32 Å². The second kappa shape index (κ2) is 8.14. The summed E-state index contributed by atoms with van der Waals surface area (Å²) in [4.78, 5) is 12.4. The Labute approximate surface area is 178 Å². The largest absolute Gasteiger partial charge is 0.421 e. The number of hydrogen-bond acceptors (Lipinski definition) is 5. The summed E-state index contributed by atoms with van der Waals surface area (Å²) >= 11 is 5.94. The summed E-state index contributed by atoms with van der Waals surface area (Å²) in [6.07, 6.45) is 2.88. The maximum absolute atomic E-state index is 12.3. The smallest absolute Gasteiger partial charge is 0.336 e. The van der Waals surface area contributed by atoms with Crippen molar-refractivity contribution in [3.63, 3.8) is 0 Å². The second-order valence-electron chi connectivity index (χ2n) is 6.34. The molecular weight excluding hydrogens is 424 g/mol. The molecule has 1 aliphatic heterocycles. The van der Waals surface area contributed by atoms with E-state index in [4.69, 9.17) is 16.3 Å². The van der Waals surface area contributed by atoms with Crippen LogP contribution in [-0.2, 0) is 14.8 Å². The van der Waals surface area contributed by atoms with E-state index in [1.807, 2.05) is 0 Å². The predicted molar refractivity (Wildman–Crippen MR) is 116 cm³/mol. The Morgan fingerprint density at radius 3 is 2.60 bits per heavy atom. The van der Waals surface area contributed by atoms with Crippen LogP contribution in [0.2, 0.25) is 5.02 Å². The molecule has 0 unspecified atom stereocenters. The number of halogens is 1. The number of rotatable bonds is 4. The summed E-state index contributed by atoms with van der Waals surface area (Å²) in [5, 5.41) is 3.52. The van der Waals surface area contributed by atoms with Crippen LogP contribution in [0.15, 0.2) is 88.2 Å². The van der Waals surface area contributed by atoms with Crippen molar-refractivity contribution in [1.82, 2.24) is 0 Å². The van der Waals surface area contributed by atoms with Gasteiger partial charge in [-0.3, -0.25) is 0 Å². The molecule has 1 aliphatic rings. The summed E-state index contributed by atoms with van der Waals surface area (Å²) in [7, 11) is -3.76.